The lowest BCUT2D eigenvalue weighted by atomic mass is 9.82. The maximum Gasteiger partial charge on any atom is 0.311 e. The van der Waals surface area contributed by atoms with Gasteiger partial charge in [0.05, 0.1) is 5.41 Å². The fraction of sp³-hybridized carbons (Fsp3) is 0.833. The Labute approximate surface area is 105 Å². The molecule has 0 aromatic rings. The Kier molecular flexibility index (Phi) is 3.70. The van der Waals surface area contributed by atoms with Gasteiger partial charge in [-0.2, -0.15) is 0 Å². The lowest BCUT2D eigenvalue weighted by Crippen LogP contribution is -2.45. The molecular weight excluding hydrogens is 244 g/mol. The lowest BCUT2D eigenvalue weighted by Gasteiger charge is -2.27. The van der Waals surface area contributed by atoms with Gasteiger partial charge in [0, 0.05) is 13.0 Å². The van der Waals surface area contributed by atoms with Gasteiger partial charge in [0.25, 0.3) is 5.92 Å². The van der Waals surface area contributed by atoms with E-state index in [2.05, 4.69) is 5.32 Å². The monoisotopic (exact) mass is 263 g/mol. The molecule has 1 aliphatic rings. The zero-order valence-electron chi connectivity index (χ0n) is 10.8. The van der Waals surface area contributed by atoms with Gasteiger partial charge >= 0.3 is 5.97 Å². The molecule has 1 atom stereocenters. The van der Waals surface area contributed by atoms with Crippen molar-refractivity contribution in [3.05, 3.63) is 0 Å². The average Bonchev–Trinajstić information content (AvgIpc) is 2.81. The molecule has 18 heavy (non-hydrogen) atoms. The van der Waals surface area contributed by atoms with E-state index < -0.39 is 35.0 Å². The zero-order valence-corrected chi connectivity index (χ0v) is 10.8. The number of aliphatic carboxylic acids is 1. The van der Waals surface area contributed by atoms with E-state index in [1.165, 1.54) is 6.92 Å². The summed E-state index contributed by atoms with van der Waals surface area (Å²) in [5, 5.41) is 11.5. The number of carbonyl (C=O) groups is 2. The van der Waals surface area contributed by atoms with Crippen LogP contribution in [0.3, 0.4) is 0 Å². The van der Waals surface area contributed by atoms with E-state index in [0.29, 0.717) is 12.8 Å². The molecule has 1 aliphatic carbocycles. The number of rotatable bonds is 6. The molecule has 2 N–H and O–H groups in total. The minimum absolute atomic E-state index is 0.111. The zero-order chi connectivity index (χ0) is 14.2. The standard InChI is InChI=1S/C12H19F2NO3/c1-4-11(5-2,9(17)18)7-15-8(16)10(3)6-12(10,13)14/h4-7H2,1-3H3,(H,15,16)(H,17,18). The molecular formula is C12H19F2NO3. The molecule has 0 aromatic carbocycles. The first-order valence-corrected chi connectivity index (χ1v) is 6.05. The molecule has 1 saturated carbocycles. The number of alkyl halides is 2. The highest BCUT2D eigenvalue weighted by atomic mass is 19.3. The summed E-state index contributed by atoms with van der Waals surface area (Å²) in [6.45, 7) is 4.50. The molecule has 1 rings (SSSR count). The van der Waals surface area contributed by atoms with Crippen molar-refractivity contribution in [3.63, 3.8) is 0 Å². The first-order chi connectivity index (χ1) is 8.15. The highest BCUT2D eigenvalue weighted by Crippen LogP contribution is 2.60. The van der Waals surface area contributed by atoms with Crippen LogP contribution in [-0.4, -0.2) is 29.5 Å². The third-order valence-corrected chi connectivity index (χ3v) is 4.15. The summed E-state index contributed by atoms with van der Waals surface area (Å²) in [6, 6.07) is 0. The highest BCUT2D eigenvalue weighted by Gasteiger charge is 2.72. The van der Waals surface area contributed by atoms with Crippen LogP contribution >= 0.6 is 0 Å². The molecule has 104 valence electrons. The smallest absolute Gasteiger partial charge is 0.311 e. The van der Waals surface area contributed by atoms with Crippen LogP contribution in [-0.2, 0) is 9.59 Å². The van der Waals surface area contributed by atoms with Crippen molar-refractivity contribution in [3.8, 4) is 0 Å². The molecule has 0 saturated heterocycles. The average molecular weight is 263 g/mol. The molecule has 6 heteroatoms. The van der Waals surface area contributed by atoms with Crippen LogP contribution in [0.4, 0.5) is 8.78 Å². The molecule has 1 unspecified atom stereocenters. The van der Waals surface area contributed by atoms with Crippen molar-refractivity contribution in [1.29, 1.82) is 0 Å². The van der Waals surface area contributed by atoms with E-state index in [4.69, 9.17) is 5.11 Å². The van der Waals surface area contributed by atoms with Gasteiger partial charge in [-0.3, -0.25) is 9.59 Å². The van der Waals surface area contributed by atoms with Crippen molar-refractivity contribution < 1.29 is 23.5 Å². The summed E-state index contributed by atoms with van der Waals surface area (Å²) in [7, 11) is 0. The van der Waals surface area contributed by atoms with Crippen LogP contribution in [0.15, 0.2) is 0 Å². The molecule has 0 bridgehead atoms. The highest BCUT2D eigenvalue weighted by molar-refractivity contribution is 5.87. The fourth-order valence-electron chi connectivity index (χ4n) is 1.97. The third kappa shape index (κ3) is 2.20. The van der Waals surface area contributed by atoms with E-state index in [1.54, 1.807) is 13.8 Å². The van der Waals surface area contributed by atoms with E-state index in [9.17, 15) is 18.4 Å². The predicted molar refractivity (Wildman–Crippen MR) is 61.3 cm³/mol. The Hall–Kier alpha value is -1.20. The Morgan fingerprint density at radius 2 is 1.78 bits per heavy atom. The Morgan fingerprint density at radius 3 is 2.06 bits per heavy atom. The summed E-state index contributed by atoms with van der Waals surface area (Å²) in [5.41, 5.74) is -2.74. The van der Waals surface area contributed by atoms with Gasteiger partial charge in [0.2, 0.25) is 5.91 Å². The van der Waals surface area contributed by atoms with Crippen LogP contribution in [0.5, 0.6) is 0 Å². The molecule has 1 fully saturated rings. The second kappa shape index (κ2) is 4.48. The summed E-state index contributed by atoms with van der Waals surface area (Å²) >= 11 is 0. The minimum atomic E-state index is -2.97. The van der Waals surface area contributed by atoms with Crippen molar-refractivity contribution in [2.45, 2.75) is 46.0 Å². The number of nitrogens with one attached hydrogen (secondary N) is 1. The number of hydrogen-bond acceptors (Lipinski definition) is 2. The first-order valence-electron chi connectivity index (χ1n) is 6.05. The van der Waals surface area contributed by atoms with Gasteiger partial charge < -0.3 is 10.4 Å². The van der Waals surface area contributed by atoms with Crippen LogP contribution in [0.25, 0.3) is 0 Å². The van der Waals surface area contributed by atoms with Crippen LogP contribution in [0.1, 0.15) is 40.0 Å². The first kappa shape index (κ1) is 14.9. The second-order valence-corrected chi connectivity index (χ2v) is 5.19. The van der Waals surface area contributed by atoms with E-state index in [-0.39, 0.29) is 6.54 Å². The number of carboxylic acid groups (broad SMARTS) is 1. The van der Waals surface area contributed by atoms with Crippen LogP contribution < -0.4 is 5.32 Å². The maximum atomic E-state index is 13.0. The largest absolute Gasteiger partial charge is 0.481 e. The van der Waals surface area contributed by atoms with E-state index in [0.717, 1.165) is 0 Å². The Morgan fingerprint density at radius 1 is 1.33 bits per heavy atom. The Balaban J connectivity index is 2.65. The number of carbonyl (C=O) groups excluding carboxylic acids is 1. The maximum absolute atomic E-state index is 13.0. The fourth-order valence-corrected chi connectivity index (χ4v) is 1.97. The molecule has 0 aromatic heterocycles. The minimum Gasteiger partial charge on any atom is -0.481 e. The van der Waals surface area contributed by atoms with Crippen molar-refractivity contribution in [1.82, 2.24) is 5.32 Å². The lowest BCUT2D eigenvalue weighted by molar-refractivity contribution is -0.149. The van der Waals surface area contributed by atoms with Gasteiger partial charge in [-0.05, 0) is 19.8 Å². The molecule has 1 amide bonds. The van der Waals surface area contributed by atoms with Gasteiger partial charge in [-0.25, -0.2) is 8.78 Å². The number of halogens is 2. The van der Waals surface area contributed by atoms with Gasteiger partial charge in [-0.15, -0.1) is 0 Å². The predicted octanol–water partition coefficient (Wildman–Crippen LogP) is 2.04. The molecule has 4 nitrogen and oxygen atoms in total. The molecule has 0 spiro atoms. The van der Waals surface area contributed by atoms with Crippen LogP contribution in [0.2, 0.25) is 0 Å². The van der Waals surface area contributed by atoms with Crippen molar-refractivity contribution in [2.24, 2.45) is 10.8 Å². The number of carboxylic acids is 1. The van der Waals surface area contributed by atoms with Crippen molar-refractivity contribution in [2.75, 3.05) is 6.54 Å². The third-order valence-electron chi connectivity index (χ3n) is 4.15. The second-order valence-electron chi connectivity index (χ2n) is 5.19. The van der Waals surface area contributed by atoms with Gasteiger partial charge in [0.1, 0.15) is 5.41 Å². The summed E-state index contributed by atoms with van der Waals surface area (Å²) < 4.78 is 26.0. The molecule has 0 heterocycles. The van der Waals surface area contributed by atoms with Gasteiger partial charge in [0.15, 0.2) is 0 Å². The van der Waals surface area contributed by atoms with E-state index in [1.807, 2.05) is 0 Å². The molecule has 0 aliphatic heterocycles. The summed E-state index contributed by atoms with van der Waals surface area (Å²) in [6.07, 6.45) is 0.211. The molecule has 0 radical (unpaired) electrons. The quantitative estimate of drug-likeness (QED) is 0.770. The van der Waals surface area contributed by atoms with Gasteiger partial charge in [-0.1, -0.05) is 13.8 Å². The topological polar surface area (TPSA) is 66.4 Å². The van der Waals surface area contributed by atoms with Crippen molar-refractivity contribution >= 4 is 11.9 Å². The SMILES string of the molecule is CCC(CC)(CNC(=O)C1(C)CC1(F)F)C(=O)O. The Bertz CT molecular complexity index is 366. The normalized spacial score (nSPS) is 25.6. The number of hydrogen-bond donors (Lipinski definition) is 2. The van der Waals surface area contributed by atoms with E-state index >= 15 is 0 Å². The number of amides is 1. The summed E-state index contributed by atoms with van der Waals surface area (Å²) in [4.78, 5) is 22.8. The summed E-state index contributed by atoms with van der Waals surface area (Å²) in [5.74, 6) is -4.75. The van der Waals surface area contributed by atoms with Crippen LogP contribution in [0, 0.1) is 10.8 Å².